The number of alkyl halides is 5. The standard InChI is InChI=1S/C24H17Cl2F5N2O2/c1-22(27,28)12-32-21(34)19-7-6-18(16-4-2-3-5-17(16)19)20-11-23(35-33-20,24(29,30)31)13-8-14(25)10-15(26)9-13/h2-10H,11-12H2,1H3,(H,32,34). The van der Waals surface area contributed by atoms with E-state index < -0.39 is 36.6 Å². The van der Waals surface area contributed by atoms with Gasteiger partial charge in [-0.1, -0.05) is 58.7 Å². The molecule has 1 unspecified atom stereocenters. The van der Waals surface area contributed by atoms with Gasteiger partial charge in [0.2, 0.25) is 0 Å². The van der Waals surface area contributed by atoms with Gasteiger partial charge in [0.15, 0.2) is 0 Å². The molecule has 35 heavy (non-hydrogen) atoms. The predicted octanol–water partition coefficient (Wildman–Crippen LogP) is 7.11. The Hall–Kier alpha value is -2.91. The number of nitrogens with zero attached hydrogens (tertiary/aromatic N) is 1. The number of hydrogen-bond donors (Lipinski definition) is 1. The molecule has 3 aromatic carbocycles. The molecule has 1 N–H and O–H groups in total. The van der Waals surface area contributed by atoms with Crippen molar-refractivity contribution in [1.29, 1.82) is 0 Å². The van der Waals surface area contributed by atoms with Crippen LogP contribution < -0.4 is 5.32 Å². The van der Waals surface area contributed by atoms with Gasteiger partial charge in [-0.2, -0.15) is 13.2 Å². The molecule has 11 heteroatoms. The van der Waals surface area contributed by atoms with E-state index in [4.69, 9.17) is 28.0 Å². The van der Waals surface area contributed by atoms with Crippen molar-refractivity contribution in [3.05, 3.63) is 81.3 Å². The molecular formula is C24H17Cl2F5N2O2. The van der Waals surface area contributed by atoms with Crippen LogP contribution in [0.25, 0.3) is 10.8 Å². The second kappa shape index (κ2) is 8.95. The molecule has 0 bridgehead atoms. The zero-order chi connectivity index (χ0) is 25.6. The first-order valence-corrected chi connectivity index (χ1v) is 11.0. The lowest BCUT2D eigenvalue weighted by Crippen LogP contribution is -2.42. The van der Waals surface area contributed by atoms with Gasteiger partial charge < -0.3 is 10.2 Å². The van der Waals surface area contributed by atoms with Crippen LogP contribution >= 0.6 is 23.2 Å². The fraction of sp³-hybridized carbons (Fsp3) is 0.250. The molecule has 0 fully saturated rings. The largest absolute Gasteiger partial charge is 0.435 e. The van der Waals surface area contributed by atoms with Crippen molar-refractivity contribution in [1.82, 2.24) is 5.32 Å². The molecule has 4 nitrogen and oxygen atoms in total. The average Bonchev–Trinajstić information content (AvgIpc) is 3.22. The molecular weight excluding hydrogens is 514 g/mol. The second-order valence-electron chi connectivity index (χ2n) is 8.25. The smallest absolute Gasteiger partial charge is 0.374 e. The van der Waals surface area contributed by atoms with Crippen LogP contribution in [0, 0.1) is 0 Å². The Morgan fingerprint density at radius 2 is 1.66 bits per heavy atom. The Labute approximate surface area is 206 Å². The van der Waals surface area contributed by atoms with Crippen molar-refractivity contribution < 1.29 is 31.6 Å². The number of carbonyl (C=O) groups excluding carboxylic acids is 1. The topological polar surface area (TPSA) is 50.7 Å². The number of carbonyl (C=O) groups is 1. The number of fused-ring (bicyclic) bond motifs is 1. The molecule has 0 spiro atoms. The third-order valence-electron chi connectivity index (χ3n) is 5.55. The maximum Gasteiger partial charge on any atom is 0.435 e. The van der Waals surface area contributed by atoms with Gasteiger partial charge in [-0.25, -0.2) is 8.78 Å². The van der Waals surface area contributed by atoms with E-state index in [0.29, 0.717) is 23.3 Å². The Morgan fingerprint density at radius 1 is 1.03 bits per heavy atom. The molecule has 0 aliphatic carbocycles. The first-order chi connectivity index (χ1) is 16.3. The molecule has 0 saturated carbocycles. The lowest BCUT2D eigenvalue weighted by molar-refractivity contribution is -0.275. The van der Waals surface area contributed by atoms with Gasteiger partial charge in [0.05, 0.1) is 12.3 Å². The molecule has 1 heterocycles. The van der Waals surface area contributed by atoms with E-state index in [1.165, 1.54) is 18.2 Å². The molecule has 1 aliphatic heterocycles. The van der Waals surface area contributed by atoms with Gasteiger partial charge in [0.25, 0.3) is 17.4 Å². The van der Waals surface area contributed by atoms with Crippen LogP contribution in [0.2, 0.25) is 10.0 Å². The molecule has 184 valence electrons. The highest BCUT2D eigenvalue weighted by atomic mass is 35.5. The maximum absolute atomic E-state index is 14.3. The quantitative estimate of drug-likeness (QED) is 0.357. The normalized spacial score (nSPS) is 18.3. The van der Waals surface area contributed by atoms with Crippen molar-refractivity contribution in [2.24, 2.45) is 5.16 Å². The molecule has 0 saturated heterocycles. The van der Waals surface area contributed by atoms with E-state index in [2.05, 4.69) is 10.5 Å². The zero-order valence-electron chi connectivity index (χ0n) is 18.0. The van der Waals surface area contributed by atoms with Gasteiger partial charge in [0, 0.05) is 40.1 Å². The monoisotopic (exact) mass is 530 g/mol. The lowest BCUT2D eigenvalue weighted by atomic mass is 9.85. The van der Waals surface area contributed by atoms with Crippen molar-refractivity contribution in [3.63, 3.8) is 0 Å². The van der Waals surface area contributed by atoms with Crippen LogP contribution in [0.4, 0.5) is 22.0 Å². The van der Waals surface area contributed by atoms with Crippen molar-refractivity contribution in [3.8, 4) is 0 Å². The minimum Gasteiger partial charge on any atom is -0.374 e. The minimum absolute atomic E-state index is 0.00615. The second-order valence-corrected chi connectivity index (χ2v) is 9.12. The summed E-state index contributed by atoms with van der Waals surface area (Å²) in [6, 6.07) is 12.7. The number of oxime groups is 1. The molecule has 1 aliphatic rings. The summed E-state index contributed by atoms with van der Waals surface area (Å²) in [6.45, 7) is -0.189. The van der Waals surface area contributed by atoms with Gasteiger partial charge in [-0.15, -0.1) is 0 Å². The molecule has 0 aromatic heterocycles. The lowest BCUT2D eigenvalue weighted by Gasteiger charge is -2.29. The summed E-state index contributed by atoms with van der Waals surface area (Å²) < 4.78 is 69.3. The third-order valence-corrected chi connectivity index (χ3v) is 5.99. The van der Waals surface area contributed by atoms with Crippen molar-refractivity contribution in [2.45, 2.75) is 31.0 Å². The van der Waals surface area contributed by atoms with Gasteiger partial charge in [-0.05, 0) is 35.0 Å². The SMILES string of the molecule is CC(F)(F)CNC(=O)c1ccc(C2=NOC(c3cc(Cl)cc(Cl)c3)(C(F)(F)F)C2)c2ccccc12. The summed E-state index contributed by atoms with van der Waals surface area (Å²) in [5.74, 6) is -3.84. The van der Waals surface area contributed by atoms with Gasteiger partial charge in [-0.3, -0.25) is 4.79 Å². The number of benzene rings is 3. The summed E-state index contributed by atoms with van der Waals surface area (Å²) in [6.07, 6.45) is -5.54. The minimum atomic E-state index is -4.87. The Morgan fingerprint density at radius 3 is 2.26 bits per heavy atom. The fourth-order valence-electron chi connectivity index (χ4n) is 3.91. The van der Waals surface area contributed by atoms with Crippen LogP contribution in [0.15, 0.2) is 59.8 Å². The first-order valence-electron chi connectivity index (χ1n) is 10.3. The molecule has 1 atom stereocenters. The van der Waals surface area contributed by atoms with Crippen LogP contribution in [0.5, 0.6) is 0 Å². The zero-order valence-corrected chi connectivity index (χ0v) is 19.5. The van der Waals surface area contributed by atoms with Gasteiger partial charge >= 0.3 is 6.18 Å². The molecule has 0 radical (unpaired) electrons. The molecule has 3 aromatic rings. The summed E-state index contributed by atoms with van der Waals surface area (Å²) in [7, 11) is 0. The Bertz CT molecular complexity index is 1320. The third kappa shape index (κ3) is 4.92. The summed E-state index contributed by atoms with van der Waals surface area (Å²) in [5, 5.41) is 6.72. The van der Waals surface area contributed by atoms with E-state index in [1.54, 1.807) is 24.3 Å². The summed E-state index contributed by atoms with van der Waals surface area (Å²) in [5.41, 5.74) is -2.74. The first kappa shape index (κ1) is 25.2. The van der Waals surface area contributed by atoms with E-state index in [0.717, 1.165) is 12.1 Å². The van der Waals surface area contributed by atoms with Crippen LogP contribution in [0.1, 0.15) is 34.8 Å². The van der Waals surface area contributed by atoms with Crippen LogP contribution in [0.3, 0.4) is 0 Å². The highest BCUT2D eigenvalue weighted by Gasteiger charge is 2.62. The number of amides is 1. The van der Waals surface area contributed by atoms with Crippen LogP contribution in [-0.4, -0.2) is 30.3 Å². The average molecular weight is 531 g/mol. The summed E-state index contributed by atoms with van der Waals surface area (Å²) >= 11 is 11.9. The van der Waals surface area contributed by atoms with Crippen molar-refractivity contribution in [2.75, 3.05) is 6.54 Å². The molecule has 4 rings (SSSR count). The summed E-state index contributed by atoms with van der Waals surface area (Å²) in [4.78, 5) is 17.6. The predicted molar refractivity (Wildman–Crippen MR) is 123 cm³/mol. The maximum atomic E-state index is 14.3. The number of hydrogen-bond acceptors (Lipinski definition) is 3. The number of rotatable bonds is 5. The van der Waals surface area contributed by atoms with Crippen molar-refractivity contribution >= 4 is 45.6 Å². The van der Waals surface area contributed by atoms with Gasteiger partial charge in [0.1, 0.15) is 0 Å². The molecule has 1 amide bonds. The van der Waals surface area contributed by atoms with E-state index >= 15 is 0 Å². The highest BCUT2D eigenvalue weighted by molar-refractivity contribution is 6.34. The van der Waals surface area contributed by atoms with E-state index in [-0.39, 0.29) is 26.9 Å². The van der Waals surface area contributed by atoms with E-state index in [1.807, 2.05) is 0 Å². The number of nitrogens with one attached hydrogen (secondary N) is 1. The Balaban J connectivity index is 1.75. The highest BCUT2D eigenvalue weighted by Crippen LogP contribution is 2.50. The Kier molecular flexibility index (Phi) is 6.44. The fourth-order valence-corrected chi connectivity index (χ4v) is 4.44. The van der Waals surface area contributed by atoms with E-state index in [9.17, 15) is 26.7 Å². The number of halogens is 7. The van der Waals surface area contributed by atoms with Crippen LogP contribution in [-0.2, 0) is 10.4 Å².